The van der Waals surface area contributed by atoms with Crippen molar-refractivity contribution < 1.29 is 13.6 Å². The molecule has 188 valence electrons. The molecule has 36 heavy (non-hydrogen) atoms. The molecule has 1 atom stereocenters. The lowest BCUT2D eigenvalue weighted by Crippen LogP contribution is -2.29. The summed E-state index contributed by atoms with van der Waals surface area (Å²) in [7, 11) is 0. The summed E-state index contributed by atoms with van der Waals surface area (Å²) in [6.45, 7) is 2.83. The van der Waals surface area contributed by atoms with E-state index in [4.69, 9.17) is 11.5 Å². The maximum Gasteiger partial charge on any atom is 0.268 e. The summed E-state index contributed by atoms with van der Waals surface area (Å²) in [6.07, 6.45) is 3.93. The molecule has 0 radical (unpaired) electrons. The second kappa shape index (κ2) is 11.5. The molecular formula is C29H32F2N4O. The van der Waals surface area contributed by atoms with Crippen molar-refractivity contribution in [2.45, 2.75) is 32.2 Å². The lowest BCUT2D eigenvalue weighted by atomic mass is 9.99. The number of aromatic nitrogens is 1. The highest BCUT2D eigenvalue weighted by atomic mass is 19.1. The highest BCUT2D eigenvalue weighted by molar-refractivity contribution is 6.10. The quantitative estimate of drug-likeness (QED) is 0.271. The fourth-order valence-electron chi connectivity index (χ4n) is 4.24. The molecular weight excluding hydrogens is 458 g/mol. The van der Waals surface area contributed by atoms with Crippen LogP contribution in [0.4, 0.5) is 8.78 Å². The molecule has 0 aliphatic heterocycles. The zero-order chi connectivity index (χ0) is 25.7. The topological polar surface area (TPSA) is 96.9 Å². The first-order valence-corrected chi connectivity index (χ1v) is 12.3. The van der Waals surface area contributed by atoms with E-state index in [-0.39, 0.29) is 17.5 Å². The minimum absolute atomic E-state index is 0.283. The molecule has 1 fully saturated rings. The van der Waals surface area contributed by atoms with Gasteiger partial charge in [0.2, 0.25) is 0 Å². The molecule has 1 amide bonds. The van der Waals surface area contributed by atoms with Crippen LogP contribution in [0.2, 0.25) is 0 Å². The third-order valence-electron chi connectivity index (χ3n) is 6.46. The lowest BCUT2D eigenvalue weighted by Gasteiger charge is -2.06. The minimum atomic E-state index is -0.346. The van der Waals surface area contributed by atoms with E-state index >= 15 is 0 Å². The summed E-state index contributed by atoms with van der Waals surface area (Å²) in [5.41, 5.74) is 15.5. The third kappa shape index (κ3) is 5.98. The largest absolute Gasteiger partial charge is 0.350 e. The van der Waals surface area contributed by atoms with Crippen LogP contribution in [0.3, 0.4) is 0 Å². The van der Waals surface area contributed by atoms with Crippen molar-refractivity contribution in [3.05, 3.63) is 84.1 Å². The summed E-state index contributed by atoms with van der Waals surface area (Å²) < 4.78 is 26.6. The van der Waals surface area contributed by atoms with Crippen molar-refractivity contribution in [2.75, 3.05) is 13.1 Å². The van der Waals surface area contributed by atoms with Crippen LogP contribution in [0, 0.1) is 17.6 Å². The Kier molecular flexibility index (Phi) is 8.13. The fraction of sp³-hybridized carbons (Fsp3) is 0.276. The Morgan fingerprint density at radius 2 is 1.56 bits per heavy atom. The van der Waals surface area contributed by atoms with E-state index in [2.05, 4.69) is 17.2 Å². The molecule has 1 aliphatic carbocycles. The summed E-state index contributed by atoms with van der Waals surface area (Å²) in [5.74, 6) is -0.0345. The Morgan fingerprint density at radius 3 is 2.08 bits per heavy atom. The number of nitrogens with two attached hydrogens (primary N) is 2. The Hall–Kier alpha value is -3.55. The van der Waals surface area contributed by atoms with E-state index in [0.717, 1.165) is 39.9 Å². The zero-order valence-electron chi connectivity index (χ0n) is 20.4. The van der Waals surface area contributed by atoms with E-state index in [1.165, 1.54) is 37.1 Å². The predicted molar refractivity (Wildman–Crippen MR) is 141 cm³/mol. The van der Waals surface area contributed by atoms with Gasteiger partial charge >= 0.3 is 0 Å². The van der Waals surface area contributed by atoms with Gasteiger partial charge < -0.3 is 21.8 Å². The van der Waals surface area contributed by atoms with Gasteiger partial charge in [0.05, 0.1) is 0 Å². The number of rotatable bonds is 7. The van der Waals surface area contributed by atoms with Crippen LogP contribution in [-0.4, -0.2) is 30.0 Å². The average molecular weight is 491 g/mol. The molecule has 5 nitrogen and oxygen atoms in total. The van der Waals surface area contributed by atoms with E-state index in [0.29, 0.717) is 30.4 Å². The van der Waals surface area contributed by atoms with Gasteiger partial charge in [0.25, 0.3) is 5.91 Å². The van der Waals surface area contributed by atoms with Crippen molar-refractivity contribution in [3.63, 3.8) is 0 Å². The number of H-pyrrole nitrogens is 1. The molecule has 1 aliphatic rings. The predicted octanol–water partition coefficient (Wildman–Crippen LogP) is 5.60. The molecule has 1 heterocycles. The first-order valence-electron chi connectivity index (χ1n) is 12.3. The van der Waals surface area contributed by atoms with Crippen LogP contribution in [0.25, 0.3) is 33.2 Å². The minimum Gasteiger partial charge on any atom is -0.350 e. The van der Waals surface area contributed by atoms with Crippen molar-refractivity contribution in [3.8, 4) is 22.3 Å². The normalized spacial score (nSPS) is 13.7. The van der Waals surface area contributed by atoms with Gasteiger partial charge in [-0.15, -0.1) is 0 Å². The number of fused-ring (bicyclic) bond motifs is 1. The van der Waals surface area contributed by atoms with Gasteiger partial charge in [0, 0.05) is 35.6 Å². The van der Waals surface area contributed by atoms with Crippen LogP contribution in [0.5, 0.6) is 0 Å². The number of carbonyl (C=O) groups excluding carboxylic acids is 1. The third-order valence-corrected chi connectivity index (χ3v) is 6.46. The Morgan fingerprint density at radius 1 is 0.972 bits per heavy atom. The van der Waals surface area contributed by atoms with Gasteiger partial charge in [-0.2, -0.15) is 0 Å². The van der Waals surface area contributed by atoms with E-state index in [1.54, 1.807) is 24.3 Å². The van der Waals surface area contributed by atoms with Crippen molar-refractivity contribution in [1.82, 2.24) is 10.3 Å². The molecule has 1 unspecified atom stereocenters. The monoisotopic (exact) mass is 490 g/mol. The molecule has 7 heteroatoms. The highest BCUT2D eigenvalue weighted by Crippen LogP contribution is 2.35. The van der Waals surface area contributed by atoms with E-state index < -0.39 is 0 Å². The van der Waals surface area contributed by atoms with E-state index in [9.17, 15) is 13.6 Å². The van der Waals surface area contributed by atoms with Crippen LogP contribution in [0.15, 0.2) is 66.7 Å². The molecule has 3 aromatic carbocycles. The van der Waals surface area contributed by atoms with Gasteiger partial charge in [0.1, 0.15) is 17.3 Å². The Bertz CT molecular complexity index is 1310. The molecule has 6 N–H and O–H groups in total. The maximum atomic E-state index is 13.4. The Balaban J connectivity index is 0.000000375. The fourth-order valence-corrected chi connectivity index (χ4v) is 4.24. The first-order chi connectivity index (χ1) is 17.4. The van der Waals surface area contributed by atoms with Gasteiger partial charge in [-0.25, -0.2) is 8.78 Å². The van der Waals surface area contributed by atoms with Crippen molar-refractivity contribution >= 4 is 16.8 Å². The van der Waals surface area contributed by atoms with Gasteiger partial charge in [0.15, 0.2) is 0 Å². The standard InChI is InChI=1S/C23H19F2N3O.C6H13N/c24-17-6-1-14(2-7-17)16-5-10-19-20(13-16)28-22(23(29)27-12-11-26)21(19)15-3-8-18(25)9-4-15;1-2-6(7)5-3-4-5/h1-10,13,28H,11-12,26H2,(H,27,29);5-6H,2-4,7H2,1H3. The number of benzene rings is 3. The molecule has 0 spiro atoms. The summed E-state index contributed by atoms with van der Waals surface area (Å²) in [5, 5.41) is 3.61. The van der Waals surface area contributed by atoms with Crippen LogP contribution in [0.1, 0.15) is 36.7 Å². The maximum absolute atomic E-state index is 13.4. The SMILES string of the molecule is CCC(N)C1CC1.NCCNC(=O)c1[nH]c2cc(-c3ccc(F)cc3)ccc2c1-c1ccc(F)cc1. The molecule has 0 bridgehead atoms. The van der Waals surface area contributed by atoms with Crippen LogP contribution >= 0.6 is 0 Å². The molecule has 1 saturated carbocycles. The van der Waals surface area contributed by atoms with Crippen LogP contribution in [-0.2, 0) is 0 Å². The molecule has 4 aromatic rings. The summed E-state index contributed by atoms with van der Waals surface area (Å²) in [4.78, 5) is 15.9. The lowest BCUT2D eigenvalue weighted by molar-refractivity contribution is 0.0951. The first kappa shape index (κ1) is 25.5. The Labute approximate surface area is 209 Å². The molecule has 0 saturated heterocycles. The smallest absolute Gasteiger partial charge is 0.268 e. The highest BCUT2D eigenvalue weighted by Gasteiger charge is 2.26. The number of nitrogens with one attached hydrogen (secondary N) is 2. The van der Waals surface area contributed by atoms with Crippen LogP contribution < -0.4 is 16.8 Å². The number of aromatic amines is 1. The molecule has 5 rings (SSSR count). The number of carbonyl (C=O) groups is 1. The number of amides is 1. The number of hydrogen-bond donors (Lipinski definition) is 4. The van der Waals surface area contributed by atoms with E-state index in [1.807, 2.05) is 18.2 Å². The number of halogens is 2. The second-order valence-corrected chi connectivity index (χ2v) is 9.10. The van der Waals surface area contributed by atoms with Crippen molar-refractivity contribution in [2.24, 2.45) is 17.4 Å². The van der Waals surface area contributed by atoms with Crippen molar-refractivity contribution in [1.29, 1.82) is 0 Å². The summed E-state index contributed by atoms with van der Waals surface area (Å²) >= 11 is 0. The average Bonchev–Trinajstić information content (AvgIpc) is 3.68. The van der Waals surface area contributed by atoms with Gasteiger partial charge in [-0.05, 0) is 72.2 Å². The second-order valence-electron chi connectivity index (χ2n) is 9.10. The number of hydrogen-bond acceptors (Lipinski definition) is 3. The van der Waals surface area contributed by atoms with Gasteiger partial charge in [-0.3, -0.25) is 4.79 Å². The zero-order valence-corrected chi connectivity index (χ0v) is 20.4. The molecule has 1 aromatic heterocycles. The van der Waals surface area contributed by atoms with Gasteiger partial charge in [-0.1, -0.05) is 43.3 Å². The summed E-state index contributed by atoms with van der Waals surface area (Å²) in [6, 6.07) is 18.5.